The fourth-order valence-corrected chi connectivity index (χ4v) is 6.29. The van der Waals surface area contributed by atoms with Crippen molar-refractivity contribution in [3.63, 3.8) is 0 Å². The number of hydrogen-bond donors (Lipinski definition) is 2. The summed E-state index contributed by atoms with van der Waals surface area (Å²) in [6.45, 7) is 0.00121. The van der Waals surface area contributed by atoms with Gasteiger partial charge in [0.05, 0.1) is 42.5 Å². The number of nitrogens with zero attached hydrogens (tertiary/aromatic N) is 2. The second-order valence-electron chi connectivity index (χ2n) is 10.2. The Hall–Kier alpha value is -3.85. The van der Waals surface area contributed by atoms with E-state index in [-0.39, 0.29) is 37.0 Å². The van der Waals surface area contributed by atoms with E-state index in [1.807, 2.05) is 48.5 Å². The molecule has 6 rings (SSSR count). The third kappa shape index (κ3) is 4.65. The quantitative estimate of drug-likeness (QED) is 0.337. The largest absolute Gasteiger partial charge is 0.459 e. The van der Waals surface area contributed by atoms with E-state index in [1.165, 1.54) is 4.90 Å². The lowest BCUT2D eigenvalue weighted by molar-refractivity contribution is -0.122. The van der Waals surface area contributed by atoms with Crippen molar-refractivity contribution < 1.29 is 29.0 Å². The van der Waals surface area contributed by atoms with Gasteiger partial charge in [-0.3, -0.25) is 19.5 Å². The summed E-state index contributed by atoms with van der Waals surface area (Å²) in [6, 6.07) is 18.3. The summed E-state index contributed by atoms with van der Waals surface area (Å²) in [5.41, 5.74) is 4.11. The van der Waals surface area contributed by atoms with Gasteiger partial charge in [0, 0.05) is 12.1 Å². The molecule has 2 aromatic heterocycles. The molecular weight excluding hydrogens is 496 g/mol. The van der Waals surface area contributed by atoms with Crippen LogP contribution in [0.25, 0.3) is 11.6 Å². The molecule has 2 aliphatic heterocycles. The van der Waals surface area contributed by atoms with Gasteiger partial charge in [-0.2, -0.15) is 0 Å². The number of carbonyl (C=O) groups is 2. The molecule has 4 atom stereocenters. The summed E-state index contributed by atoms with van der Waals surface area (Å²) in [5.74, 6) is -0.494. The second kappa shape index (κ2) is 10.7. The molecule has 0 unspecified atom stereocenters. The summed E-state index contributed by atoms with van der Waals surface area (Å²) in [5, 5.41) is 19.7. The number of hydrogen-bond acceptors (Lipinski definition) is 7. The maximum atomic E-state index is 13.6. The second-order valence-corrected chi connectivity index (χ2v) is 10.2. The first kappa shape index (κ1) is 25.4. The number of amides is 2. The molecule has 0 spiro atoms. The highest BCUT2D eigenvalue weighted by atomic mass is 16.5. The highest BCUT2D eigenvalue weighted by Gasteiger charge is 2.57. The molecule has 0 bridgehead atoms. The van der Waals surface area contributed by atoms with E-state index in [4.69, 9.17) is 9.15 Å². The van der Waals surface area contributed by atoms with Gasteiger partial charge in [0.15, 0.2) is 0 Å². The van der Waals surface area contributed by atoms with E-state index in [0.717, 1.165) is 22.4 Å². The van der Waals surface area contributed by atoms with Crippen LogP contribution in [0.5, 0.6) is 0 Å². The smallest absolute Gasteiger partial charge is 0.238 e. The maximum Gasteiger partial charge on any atom is 0.238 e. The topological polar surface area (TPSA) is 113 Å². The standard InChI is InChI=1S/C31H30N2O6/c34-16-20-15-24-29(31(37)33(30(24)36)21-6-2-1-3-7-21)25-18-38-27(28(20)25)12-9-19(26-8-4-5-13-32-26)14-22-10-11-23(17-35)39-22/h1-8,10-11,13-14,24-25,27,29,34-35H,9,12,15-18H2/b19-14-/t24-,25+,27-,29-/m1/s1. The van der Waals surface area contributed by atoms with Crippen LogP contribution in [-0.2, 0) is 20.9 Å². The van der Waals surface area contributed by atoms with Crippen molar-refractivity contribution in [3.8, 4) is 0 Å². The first-order valence-corrected chi connectivity index (χ1v) is 13.3. The van der Waals surface area contributed by atoms with E-state index in [2.05, 4.69) is 4.98 Å². The third-order valence-corrected chi connectivity index (χ3v) is 8.04. The zero-order valence-corrected chi connectivity index (χ0v) is 21.4. The average Bonchev–Trinajstić information content (AvgIpc) is 3.68. The highest BCUT2D eigenvalue weighted by Crippen LogP contribution is 2.50. The van der Waals surface area contributed by atoms with E-state index < -0.39 is 11.8 Å². The van der Waals surface area contributed by atoms with Crippen molar-refractivity contribution in [1.82, 2.24) is 4.98 Å². The number of ether oxygens (including phenoxy) is 1. The fourth-order valence-electron chi connectivity index (χ4n) is 6.29. The number of pyridine rings is 1. The van der Waals surface area contributed by atoms with Gasteiger partial charge in [0.1, 0.15) is 18.1 Å². The number of aliphatic hydroxyl groups excluding tert-OH is 2. The molecule has 1 aliphatic carbocycles. The summed E-state index contributed by atoms with van der Waals surface area (Å²) < 4.78 is 12.0. The molecule has 39 heavy (non-hydrogen) atoms. The lowest BCUT2D eigenvalue weighted by atomic mass is 9.69. The van der Waals surface area contributed by atoms with Crippen molar-refractivity contribution in [1.29, 1.82) is 0 Å². The van der Waals surface area contributed by atoms with E-state index in [9.17, 15) is 19.8 Å². The van der Waals surface area contributed by atoms with Gasteiger partial charge in [0.2, 0.25) is 11.8 Å². The number of rotatable bonds is 8. The number of benzene rings is 1. The summed E-state index contributed by atoms with van der Waals surface area (Å²) in [4.78, 5) is 32.8. The van der Waals surface area contributed by atoms with Gasteiger partial charge in [0.25, 0.3) is 0 Å². The minimum absolute atomic E-state index is 0.166. The van der Waals surface area contributed by atoms with Crippen LogP contribution in [0.2, 0.25) is 0 Å². The summed E-state index contributed by atoms with van der Waals surface area (Å²) in [7, 11) is 0. The summed E-state index contributed by atoms with van der Waals surface area (Å²) >= 11 is 0. The fraction of sp³-hybridized carbons (Fsp3) is 0.323. The van der Waals surface area contributed by atoms with Gasteiger partial charge in [-0.15, -0.1) is 0 Å². The minimum atomic E-state index is -0.487. The third-order valence-electron chi connectivity index (χ3n) is 8.04. The lowest BCUT2D eigenvalue weighted by Gasteiger charge is -2.31. The Labute approximate surface area is 226 Å². The molecule has 1 aromatic carbocycles. The maximum absolute atomic E-state index is 13.6. The predicted molar refractivity (Wildman–Crippen MR) is 144 cm³/mol. The van der Waals surface area contributed by atoms with Gasteiger partial charge in [-0.1, -0.05) is 24.3 Å². The molecule has 2 fully saturated rings. The number of furan rings is 1. The van der Waals surface area contributed by atoms with Crippen LogP contribution in [0.15, 0.2) is 82.4 Å². The molecule has 2 saturated heterocycles. The van der Waals surface area contributed by atoms with Gasteiger partial charge in [-0.05, 0) is 78.5 Å². The lowest BCUT2D eigenvalue weighted by Crippen LogP contribution is -2.35. The number of aromatic nitrogens is 1. The Morgan fingerprint density at radius 1 is 0.974 bits per heavy atom. The van der Waals surface area contributed by atoms with Gasteiger partial charge in [-0.25, -0.2) is 0 Å². The van der Waals surface area contributed by atoms with E-state index >= 15 is 0 Å². The SMILES string of the molecule is O=C1[C@@H]2[C@@H](CC(CO)=C3[C@@H](CC/C(=C/c4ccc(CO)o4)c4ccccn4)OC[C@@H]32)C(=O)N1c1ccccc1. The first-order valence-electron chi connectivity index (χ1n) is 13.3. The number of aliphatic hydroxyl groups is 2. The van der Waals surface area contributed by atoms with Crippen LogP contribution >= 0.6 is 0 Å². The van der Waals surface area contributed by atoms with Crippen LogP contribution in [0.3, 0.4) is 0 Å². The van der Waals surface area contributed by atoms with Crippen LogP contribution < -0.4 is 4.90 Å². The van der Waals surface area contributed by atoms with Crippen LogP contribution in [0.1, 0.15) is 36.5 Å². The van der Waals surface area contributed by atoms with Crippen molar-refractivity contribution >= 4 is 29.2 Å². The van der Waals surface area contributed by atoms with Crippen molar-refractivity contribution in [2.45, 2.75) is 32.0 Å². The number of allylic oxidation sites excluding steroid dienone is 1. The highest BCUT2D eigenvalue weighted by molar-refractivity contribution is 6.22. The van der Waals surface area contributed by atoms with Crippen molar-refractivity contribution in [3.05, 3.63) is 95.2 Å². The normalized spacial score (nSPS) is 24.9. The molecule has 4 heterocycles. The Morgan fingerprint density at radius 3 is 2.51 bits per heavy atom. The number of para-hydroxylation sites is 1. The summed E-state index contributed by atoms with van der Waals surface area (Å²) in [6.07, 6.45) is 4.98. The number of anilines is 1. The van der Waals surface area contributed by atoms with Gasteiger partial charge < -0.3 is 19.4 Å². The Kier molecular flexibility index (Phi) is 6.99. The molecule has 3 aliphatic rings. The molecular formula is C31H30N2O6. The van der Waals surface area contributed by atoms with Crippen molar-refractivity contribution in [2.24, 2.45) is 17.8 Å². The van der Waals surface area contributed by atoms with Crippen LogP contribution in [-0.4, -0.2) is 46.3 Å². The zero-order chi connectivity index (χ0) is 26.9. The van der Waals surface area contributed by atoms with E-state index in [0.29, 0.717) is 43.1 Å². The number of carbonyl (C=O) groups excluding carboxylic acids is 2. The first-order chi connectivity index (χ1) is 19.1. The number of imide groups is 1. The average molecular weight is 527 g/mol. The molecule has 8 nitrogen and oxygen atoms in total. The molecule has 2 N–H and O–H groups in total. The van der Waals surface area contributed by atoms with Gasteiger partial charge >= 0.3 is 0 Å². The Morgan fingerprint density at radius 2 is 1.79 bits per heavy atom. The molecule has 0 radical (unpaired) electrons. The van der Waals surface area contributed by atoms with Crippen LogP contribution in [0.4, 0.5) is 5.69 Å². The van der Waals surface area contributed by atoms with Crippen molar-refractivity contribution in [2.75, 3.05) is 18.1 Å². The molecule has 200 valence electrons. The Balaban J connectivity index is 1.26. The monoisotopic (exact) mass is 526 g/mol. The molecule has 2 amide bonds. The molecule has 0 saturated carbocycles. The Bertz CT molecular complexity index is 1430. The van der Waals surface area contributed by atoms with Crippen LogP contribution in [0, 0.1) is 17.8 Å². The molecule has 8 heteroatoms. The molecule has 3 aromatic rings. The zero-order valence-electron chi connectivity index (χ0n) is 21.4. The number of fused-ring (bicyclic) bond motifs is 3. The predicted octanol–water partition coefficient (Wildman–Crippen LogP) is 4.00. The van der Waals surface area contributed by atoms with E-state index in [1.54, 1.807) is 24.4 Å². The minimum Gasteiger partial charge on any atom is -0.459 e.